The number of nitrogen functional groups attached to an aromatic ring is 1. The van der Waals surface area contributed by atoms with Gasteiger partial charge in [-0.05, 0) is 55.0 Å². The maximum atomic E-state index is 11.9. The number of aryl methyl sites for hydroxylation is 3. The summed E-state index contributed by atoms with van der Waals surface area (Å²) in [7, 11) is 0. The number of benzene rings is 1. The van der Waals surface area contributed by atoms with Crippen LogP contribution < -0.4 is 17.0 Å². The molecule has 4 rings (SSSR count). The quantitative estimate of drug-likeness (QED) is 0.431. The van der Waals surface area contributed by atoms with Gasteiger partial charge in [0.1, 0.15) is 11.3 Å². The summed E-state index contributed by atoms with van der Waals surface area (Å²) in [6.45, 7) is 1.56. The van der Waals surface area contributed by atoms with Gasteiger partial charge >= 0.3 is 5.63 Å². The van der Waals surface area contributed by atoms with E-state index in [2.05, 4.69) is 16.3 Å². The van der Waals surface area contributed by atoms with Gasteiger partial charge in [0.15, 0.2) is 0 Å². The maximum Gasteiger partial charge on any atom is 0.336 e. The van der Waals surface area contributed by atoms with Crippen LogP contribution >= 0.6 is 11.8 Å². The fourth-order valence-corrected chi connectivity index (χ4v) is 3.97. The van der Waals surface area contributed by atoms with Crippen molar-refractivity contribution >= 4 is 22.7 Å². The minimum absolute atomic E-state index is 0.244. The van der Waals surface area contributed by atoms with Crippen LogP contribution in [0.1, 0.15) is 28.8 Å². The van der Waals surface area contributed by atoms with E-state index in [1.54, 1.807) is 6.92 Å². The molecule has 2 aromatic heterocycles. The third kappa shape index (κ3) is 2.82. The predicted molar refractivity (Wildman–Crippen MR) is 95.2 cm³/mol. The van der Waals surface area contributed by atoms with Crippen LogP contribution in [0.3, 0.4) is 0 Å². The van der Waals surface area contributed by atoms with E-state index in [4.69, 9.17) is 10.3 Å². The fraction of sp³-hybridized carbons (Fsp3) is 0.294. The molecule has 0 atom stereocenters. The van der Waals surface area contributed by atoms with Crippen LogP contribution in [0, 0.1) is 6.92 Å². The Morgan fingerprint density at radius 3 is 2.76 bits per heavy atom. The predicted octanol–water partition coefficient (Wildman–Crippen LogP) is 1.55. The molecule has 0 aliphatic heterocycles. The molecule has 0 amide bonds. The molecule has 25 heavy (non-hydrogen) atoms. The second-order valence-electron chi connectivity index (χ2n) is 6.09. The Kier molecular flexibility index (Phi) is 3.84. The molecule has 0 unspecified atom stereocenters. The number of rotatable bonds is 3. The zero-order valence-electron chi connectivity index (χ0n) is 13.6. The number of aromatic nitrogens is 3. The molecule has 2 N–H and O–H groups in total. The van der Waals surface area contributed by atoms with Gasteiger partial charge in [-0.25, -0.2) is 4.79 Å². The van der Waals surface area contributed by atoms with Crippen LogP contribution in [0.15, 0.2) is 37.4 Å². The summed E-state index contributed by atoms with van der Waals surface area (Å²) in [6, 6.07) is 5.56. The first-order valence-corrected chi connectivity index (χ1v) is 8.94. The SMILES string of the molecule is Cc1nnc(SCc2cc(=O)oc3cc4c(cc23)CCC4)n(N)c1=O. The van der Waals surface area contributed by atoms with Crippen molar-refractivity contribution < 1.29 is 4.42 Å². The summed E-state index contributed by atoms with van der Waals surface area (Å²) in [5, 5.41) is 9.00. The van der Waals surface area contributed by atoms with Crippen molar-refractivity contribution in [3.8, 4) is 0 Å². The fourth-order valence-electron chi connectivity index (χ4n) is 3.12. The highest BCUT2D eigenvalue weighted by Crippen LogP contribution is 2.30. The first kappa shape index (κ1) is 15.9. The van der Waals surface area contributed by atoms with Gasteiger partial charge in [0, 0.05) is 17.2 Å². The first-order valence-electron chi connectivity index (χ1n) is 7.95. The normalized spacial score (nSPS) is 13.3. The molecule has 0 saturated carbocycles. The Morgan fingerprint density at radius 2 is 1.96 bits per heavy atom. The standard InChI is InChI=1S/C17H16N4O3S/c1-9-16(23)21(18)17(20-19-9)25-8-12-7-15(22)24-14-6-11-4-2-3-10(11)5-13(12)14/h5-7H,2-4,8,18H2,1H3. The number of hydrogen-bond donors (Lipinski definition) is 1. The topological polar surface area (TPSA) is 104 Å². The molecule has 8 heteroatoms. The van der Waals surface area contributed by atoms with Gasteiger partial charge in [0.05, 0.1) is 0 Å². The van der Waals surface area contributed by atoms with Crippen LogP contribution in [0.2, 0.25) is 0 Å². The number of thioether (sulfide) groups is 1. The van der Waals surface area contributed by atoms with E-state index in [1.807, 2.05) is 6.07 Å². The van der Waals surface area contributed by atoms with Crippen molar-refractivity contribution in [3.05, 3.63) is 61.4 Å². The van der Waals surface area contributed by atoms with Gasteiger partial charge < -0.3 is 10.3 Å². The zero-order chi connectivity index (χ0) is 17.6. The van der Waals surface area contributed by atoms with Crippen molar-refractivity contribution in [1.29, 1.82) is 0 Å². The van der Waals surface area contributed by atoms with Crippen molar-refractivity contribution in [1.82, 2.24) is 14.9 Å². The average Bonchev–Trinajstić information content (AvgIpc) is 3.04. The summed E-state index contributed by atoms with van der Waals surface area (Å²) in [4.78, 5) is 23.7. The van der Waals surface area contributed by atoms with Gasteiger partial charge in [0.2, 0.25) is 5.16 Å². The molecule has 0 bridgehead atoms. The monoisotopic (exact) mass is 356 g/mol. The lowest BCUT2D eigenvalue weighted by atomic mass is 10.0. The van der Waals surface area contributed by atoms with E-state index >= 15 is 0 Å². The lowest BCUT2D eigenvalue weighted by molar-refractivity contribution is 0.559. The molecule has 1 aliphatic rings. The molecule has 2 heterocycles. The van der Waals surface area contributed by atoms with Gasteiger partial charge in [0.25, 0.3) is 5.56 Å². The number of fused-ring (bicyclic) bond motifs is 2. The molecule has 3 aromatic rings. The summed E-state index contributed by atoms with van der Waals surface area (Å²) >= 11 is 1.26. The number of hydrogen-bond acceptors (Lipinski definition) is 7. The largest absolute Gasteiger partial charge is 0.423 e. The van der Waals surface area contributed by atoms with E-state index in [0.29, 0.717) is 16.5 Å². The summed E-state index contributed by atoms with van der Waals surface area (Å²) in [5.41, 5.74) is 3.46. The van der Waals surface area contributed by atoms with E-state index in [-0.39, 0.29) is 16.9 Å². The van der Waals surface area contributed by atoms with Gasteiger partial charge in [-0.1, -0.05) is 11.8 Å². The Balaban J connectivity index is 1.73. The van der Waals surface area contributed by atoms with Crippen LogP contribution in [-0.4, -0.2) is 14.9 Å². The van der Waals surface area contributed by atoms with Gasteiger partial charge in [-0.3, -0.25) is 4.79 Å². The molecule has 1 aromatic carbocycles. The Labute approximate surface area is 146 Å². The molecule has 0 radical (unpaired) electrons. The molecule has 1 aliphatic carbocycles. The first-order chi connectivity index (χ1) is 12.0. The average molecular weight is 356 g/mol. The van der Waals surface area contributed by atoms with Crippen LogP contribution in [0.4, 0.5) is 0 Å². The molecule has 128 valence electrons. The van der Waals surface area contributed by atoms with Crippen molar-refractivity contribution in [3.63, 3.8) is 0 Å². The Hall–Kier alpha value is -2.61. The number of nitrogens with two attached hydrogens (primary N) is 1. The summed E-state index contributed by atoms with van der Waals surface area (Å²) in [5.74, 6) is 6.20. The van der Waals surface area contributed by atoms with E-state index in [1.165, 1.54) is 29.0 Å². The Morgan fingerprint density at radius 1 is 1.20 bits per heavy atom. The molecule has 0 spiro atoms. The maximum absolute atomic E-state index is 11.9. The lowest BCUT2D eigenvalue weighted by Crippen LogP contribution is -2.32. The van der Waals surface area contributed by atoms with Gasteiger partial charge in [-0.2, -0.15) is 4.68 Å². The van der Waals surface area contributed by atoms with Crippen molar-refractivity contribution in [2.75, 3.05) is 5.84 Å². The lowest BCUT2D eigenvalue weighted by Gasteiger charge is -2.09. The van der Waals surface area contributed by atoms with Crippen LogP contribution in [-0.2, 0) is 18.6 Å². The third-order valence-corrected chi connectivity index (χ3v) is 5.41. The molecular formula is C17H16N4O3S. The van der Waals surface area contributed by atoms with E-state index < -0.39 is 0 Å². The minimum Gasteiger partial charge on any atom is -0.423 e. The molecule has 0 fully saturated rings. The highest BCUT2D eigenvalue weighted by atomic mass is 32.2. The Bertz CT molecular complexity index is 1100. The minimum atomic E-state index is -0.388. The van der Waals surface area contributed by atoms with Crippen molar-refractivity contribution in [2.24, 2.45) is 0 Å². The van der Waals surface area contributed by atoms with Crippen LogP contribution in [0.5, 0.6) is 0 Å². The summed E-state index contributed by atoms with van der Waals surface area (Å²) < 4.78 is 6.35. The molecule has 0 saturated heterocycles. The third-order valence-electron chi connectivity index (χ3n) is 4.42. The van der Waals surface area contributed by atoms with Crippen molar-refractivity contribution in [2.45, 2.75) is 37.1 Å². The highest BCUT2D eigenvalue weighted by molar-refractivity contribution is 7.98. The second kappa shape index (κ2) is 6.03. The second-order valence-corrected chi connectivity index (χ2v) is 7.04. The van der Waals surface area contributed by atoms with E-state index in [9.17, 15) is 9.59 Å². The van der Waals surface area contributed by atoms with Gasteiger partial charge in [-0.15, -0.1) is 10.2 Å². The highest BCUT2D eigenvalue weighted by Gasteiger charge is 2.16. The molecular weight excluding hydrogens is 340 g/mol. The zero-order valence-corrected chi connectivity index (χ0v) is 14.4. The molecule has 7 nitrogen and oxygen atoms in total. The number of nitrogens with zero attached hydrogens (tertiary/aromatic N) is 3. The van der Waals surface area contributed by atoms with E-state index in [0.717, 1.165) is 34.9 Å². The van der Waals surface area contributed by atoms with Crippen LogP contribution in [0.25, 0.3) is 11.0 Å². The summed E-state index contributed by atoms with van der Waals surface area (Å²) in [6.07, 6.45) is 3.19. The smallest absolute Gasteiger partial charge is 0.336 e.